The van der Waals surface area contributed by atoms with E-state index < -0.39 is 15.8 Å². The normalized spacial score (nSPS) is 15.6. The number of sulfonamides is 1. The van der Waals surface area contributed by atoms with Gasteiger partial charge < -0.3 is 10.6 Å². The molecule has 1 amide bonds. The van der Waals surface area contributed by atoms with Gasteiger partial charge in [-0.05, 0) is 31.0 Å². The topological polar surface area (TPSA) is 92.5 Å². The predicted octanol–water partition coefficient (Wildman–Crippen LogP) is 0.309. The van der Waals surface area contributed by atoms with Crippen molar-refractivity contribution in [2.45, 2.75) is 17.7 Å². The highest BCUT2D eigenvalue weighted by Crippen LogP contribution is 2.18. The van der Waals surface area contributed by atoms with Crippen LogP contribution < -0.4 is 10.5 Å². The summed E-state index contributed by atoms with van der Waals surface area (Å²) < 4.78 is 39.1. The van der Waals surface area contributed by atoms with E-state index in [2.05, 4.69) is 4.72 Å². The highest BCUT2D eigenvalue weighted by atomic mass is 32.2. The second-order valence-electron chi connectivity index (χ2n) is 4.59. The molecular weight excluding hydrogens is 285 g/mol. The van der Waals surface area contributed by atoms with Crippen LogP contribution in [0.1, 0.15) is 12.8 Å². The van der Waals surface area contributed by atoms with E-state index in [1.165, 1.54) is 0 Å². The summed E-state index contributed by atoms with van der Waals surface area (Å²) in [6.45, 7) is 0.984. The number of hydrogen-bond acceptors (Lipinski definition) is 4. The van der Waals surface area contributed by atoms with E-state index in [9.17, 15) is 17.6 Å². The SMILES string of the molecule is Nc1cc(F)ccc1S(=O)(=O)NCC(=O)N1CCCC1. The van der Waals surface area contributed by atoms with Crippen LogP contribution in [-0.4, -0.2) is 38.9 Å². The maximum Gasteiger partial charge on any atom is 0.243 e. The Hall–Kier alpha value is -1.67. The molecule has 110 valence electrons. The van der Waals surface area contributed by atoms with Crippen LogP contribution in [0.3, 0.4) is 0 Å². The second kappa shape index (κ2) is 5.76. The smallest absolute Gasteiger partial charge is 0.243 e. The zero-order valence-electron chi connectivity index (χ0n) is 10.8. The van der Waals surface area contributed by atoms with Gasteiger partial charge in [0.15, 0.2) is 0 Å². The molecule has 0 unspecified atom stereocenters. The van der Waals surface area contributed by atoms with Gasteiger partial charge in [0.05, 0.1) is 12.2 Å². The quantitative estimate of drug-likeness (QED) is 0.783. The van der Waals surface area contributed by atoms with Gasteiger partial charge in [-0.15, -0.1) is 0 Å². The molecule has 0 atom stereocenters. The fourth-order valence-corrected chi connectivity index (χ4v) is 3.16. The second-order valence-corrected chi connectivity index (χ2v) is 6.33. The van der Waals surface area contributed by atoms with Crippen molar-refractivity contribution in [3.8, 4) is 0 Å². The molecule has 0 aromatic heterocycles. The van der Waals surface area contributed by atoms with Gasteiger partial charge in [0.1, 0.15) is 10.7 Å². The molecule has 8 heteroatoms. The Bertz CT molecular complexity index is 612. The van der Waals surface area contributed by atoms with Crippen LogP contribution >= 0.6 is 0 Å². The summed E-state index contributed by atoms with van der Waals surface area (Å²) in [5.41, 5.74) is 5.29. The average Bonchev–Trinajstić information content (AvgIpc) is 2.89. The van der Waals surface area contributed by atoms with Crippen LogP contribution in [0.4, 0.5) is 10.1 Å². The largest absolute Gasteiger partial charge is 0.398 e. The van der Waals surface area contributed by atoms with Gasteiger partial charge >= 0.3 is 0 Å². The monoisotopic (exact) mass is 301 g/mol. The summed E-state index contributed by atoms with van der Waals surface area (Å²) >= 11 is 0. The number of nitrogens with zero attached hydrogens (tertiary/aromatic N) is 1. The Labute approximate surface area is 116 Å². The number of carbonyl (C=O) groups excluding carboxylic acids is 1. The number of amides is 1. The summed E-state index contributed by atoms with van der Waals surface area (Å²) in [5.74, 6) is -0.888. The number of nitrogens with two attached hydrogens (primary N) is 1. The van der Waals surface area contributed by atoms with Crippen molar-refractivity contribution in [2.75, 3.05) is 25.4 Å². The molecule has 1 aromatic carbocycles. The van der Waals surface area contributed by atoms with Crippen LogP contribution in [0.2, 0.25) is 0 Å². The van der Waals surface area contributed by atoms with E-state index in [1.54, 1.807) is 4.90 Å². The lowest BCUT2D eigenvalue weighted by Crippen LogP contribution is -2.38. The molecule has 20 heavy (non-hydrogen) atoms. The van der Waals surface area contributed by atoms with Crippen molar-refractivity contribution in [1.29, 1.82) is 0 Å². The maximum atomic E-state index is 12.9. The number of anilines is 1. The lowest BCUT2D eigenvalue weighted by Gasteiger charge is -2.16. The zero-order valence-corrected chi connectivity index (χ0v) is 11.6. The molecule has 0 radical (unpaired) electrons. The Morgan fingerprint density at radius 2 is 2.00 bits per heavy atom. The number of likely N-dealkylation sites (tertiary alicyclic amines) is 1. The van der Waals surface area contributed by atoms with Gasteiger partial charge in [0.25, 0.3) is 0 Å². The molecule has 0 aliphatic carbocycles. The van der Waals surface area contributed by atoms with E-state index in [0.717, 1.165) is 31.0 Å². The number of hydrogen-bond donors (Lipinski definition) is 2. The first-order valence-electron chi connectivity index (χ1n) is 6.22. The Morgan fingerprint density at radius 3 is 2.60 bits per heavy atom. The molecular formula is C12H16FN3O3S. The van der Waals surface area contributed by atoms with Crippen LogP contribution in [-0.2, 0) is 14.8 Å². The van der Waals surface area contributed by atoms with Gasteiger partial charge in [0, 0.05) is 13.1 Å². The molecule has 1 aliphatic heterocycles. The number of nitrogens with one attached hydrogen (secondary N) is 1. The van der Waals surface area contributed by atoms with Gasteiger partial charge in [0.2, 0.25) is 15.9 Å². The highest BCUT2D eigenvalue weighted by Gasteiger charge is 2.22. The number of rotatable bonds is 4. The average molecular weight is 301 g/mol. The summed E-state index contributed by atoms with van der Waals surface area (Å²) in [6, 6.07) is 3.01. The first-order valence-corrected chi connectivity index (χ1v) is 7.71. The molecule has 1 heterocycles. The maximum absolute atomic E-state index is 12.9. The van der Waals surface area contributed by atoms with Crippen molar-refractivity contribution in [1.82, 2.24) is 9.62 Å². The number of carbonyl (C=O) groups is 1. The Kier molecular flexibility index (Phi) is 4.24. The third kappa shape index (κ3) is 3.26. The van der Waals surface area contributed by atoms with Gasteiger partial charge in [-0.1, -0.05) is 0 Å². The van der Waals surface area contributed by atoms with E-state index in [0.29, 0.717) is 13.1 Å². The molecule has 1 aromatic rings. The van der Waals surface area contributed by atoms with E-state index in [-0.39, 0.29) is 23.0 Å². The number of benzene rings is 1. The van der Waals surface area contributed by atoms with Gasteiger partial charge in [-0.25, -0.2) is 17.5 Å². The highest BCUT2D eigenvalue weighted by molar-refractivity contribution is 7.89. The summed E-state index contributed by atoms with van der Waals surface area (Å²) in [6.07, 6.45) is 1.87. The van der Waals surface area contributed by atoms with Crippen LogP contribution in [0.25, 0.3) is 0 Å². The van der Waals surface area contributed by atoms with Gasteiger partial charge in [-0.2, -0.15) is 0 Å². The van der Waals surface area contributed by atoms with Crippen molar-refractivity contribution < 1.29 is 17.6 Å². The summed E-state index contributed by atoms with van der Waals surface area (Å²) in [7, 11) is -3.92. The zero-order chi connectivity index (χ0) is 14.8. The van der Waals surface area contributed by atoms with Crippen molar-refractivity contribution in [3.63, 3.8) is 0 Å². The fourth-order valence-electron chi connectivity index (χ4n) is 2.08. The van der Waals surface area contributed by atoms with Crippen molar-refractivity contribution >= 4 is 21.6 Å². The molecule has 0 spiro atoms. The van der Waals surface area contributed by atoms with E-state index in [1.807, 2.05) is 0 Å². The molecule has 1 saturated heterocycles. The number of halogens is 1. The lowest BCUT2D eigenvalue weighted by molar-refractivity contribution is -0.128. The summed E-state index contributed by atoms with van der Waals surface area (Å²) in [4.78, 5) is 13.1. The van der Waals surface area contributed by atoms with E-state index >= 15 is 0 Å². The Balaban J connectivity index is 2.05. The minimum absolute atomic E-state index is 0.189. The van der Waals surface area contributed by atoms with Crippen LogP contribution in [0, 0.1) is 5.82 Å². The molecule has 1 aliphatic rings. The first-order chi connectivity index (χ1) is 9.40. The van der Waals surface area contributed by atoms with Crippen molar-refractivity contribution in [2.24, 2.45) is 0 Å². The van der Waals surface area contributed by atoms with Crippen LogP contribution in [0.5, 0.6) is 0 Å². The van der Waals surface area contributed by atoms with Crippen LogP contribution in [0.15, 0.2) is 23.1 Å². The number of nitrogen functional groups attached to an aromatic ring is 1. The third-order valence-electron chi connectivity index (χ3n) is 3.13. The first kappa shape index (κ1) is 14.7. The molecule has 0 bridgehead atoms. The molecule has 3 N–H and O–H groups in total. The molecule has 2 rings (SSSR count). The van der Waals surface area contributed by atoms with Gasteiger partial charge in [-0.3, -0.25) is 4.79 Å². The third-order valence-corrected chi connectivity index (χ3v) is 4.61. The molecule has 1 fully saturated rings. The predicted molar refractivity (Wildman–Crippen MR) is 71.8 cm³/mol. The molecule has 6 nitrogen and oxygen atoms in total. The lowest BCUT2D eigenvalue weighted by atomic mass is 10.3. The minimum atomic E-state index is -3.92. The minimum Gasteiger partial charge on any atom is -0.398 e. The fraction of sp³-hybridized carbons (Fsp3) is 0.417. The molecule has 0 saturated carbocycles. The standard InChI is InChI=1S/C12H16FN3O3S/c13-9-3-4-11(10(14)7-9)20(18,19)15-8-12(17)16-5-1-2-6-16/h3-4,7,15H,1-2,5-6,8,14H2. The van der Waals surface area contributed by atoms with Crippen molar-refractivity contribution in [3.05, 3.63) is 24.0 Å². The summed E-state index contributed by atoms with van der Waals surface area (Å²) in [5, 5.41) is 0. The Morgan fingerprint density at radius 1 is 1.35 bits per heavy atom. The van der Waals surface area contributed by atoms with E-state index in [4.69, 9.17) is 5.73 Å².